The fourth-order valence-electron chi connectivity index (χ4n) is 2.71. The standard InChI is InChI=1S/C21H24N4O5S/c1-15-3-5-16(6-4-15)21-24-20(30-25-21)12-11-19(26)22-13-14-23-31(27,28)18-9-7-17(29-2)8-10-18/h3-10,23H,11-14H2,1-2H3,(H,22,26). The van der Waals surface area contributed by atoms with Gasteiger partial charge >= 0.3 is 0 Å². The van der Waals surface area contributed by atoms with Gasteiger partial charge in [0, 0.05) is 31.5 Å². The highest BCUT2D eigenvalue weighted by atomic mass is 32.2. The molecule has 2 aromatic carbocycles. The Morgan fingerprint density at radius 1 is 1.06 bits per heavy atom. The van der Waals surface area contributed by atoms with Crippen molar-refractivity contribution in [1.29, 1.82) is 0 Å². The maximum atomic E-state index is 12.2. The smallest absolute Gasteiger partial charge is 0.240 e. The quantitative estimate of drug-likeness (QED) is 0.459. The van der Waals surface area contributed by atoms with Gasteiger partial charge in [-0.1, -0.05) is 35.0 Å². The van der Waals surface area contributed by atoms with E-state index in [1.807, 2.05) is 31.2 Å². The molecule has 31 heavy (non-hydrogen) atoms. The van der Waals surface area contributed by atoms with Crippen LogP contribution in [0, 0.1) is 6.92 Å². The second-order valence-corrected chi connectivity index (χ2v) is 8.57. The summed E-state index contributed by atoms with van der Waals surface area (Å²) in [5.74, 6) is 1.17. The van der Waals surface area contributed by atoms with E-state index in [0.29, 0.717) is 23.9 Å². The van der Waals surface area contributed by atoms with Crippen LogP contribution in [0.3, 0.4) is 0 Å². The summed E-state index contributed by atoms with van der Waals surface area (Å²) < 4.78 is 37.1. The number of hydrogen-bond donors (Lipinski definition) is 2. The lowest BCUT2D eigenvalue weighted by Gasteiger charge is -2.08. The van der Waals surface area contributed by atoms with Gasteiger partial charge in [0.2, 0.25) is 27.6 Å². The van der Waals surface area contributed by atoms with Gasteiger partial charge in [-0.05, 0) is 31.2 Å². The Balaban J connectivity index is 1.40. The lowest BCUT2D eigenvalue weighted by Crippen LogP contribution is -2.34. The number of aryl methyl sites for hydroxylation is 2. The molecule has 0 spiro atoms. The molecule has 1 aromatic heterocycles. The third kappa shape index (κ3) is 6.37. The normalized spacial score (nSPS) is 11.3. The Labute approximate surface area is 180 Å². The second kappa shape index (κ2) is 10.2. The summed E-state index contributed by atoms with van der Waals surface area (Å²) in [7, 11) is -2.15. The first-order valence-electron chi connectivity index (χ1n) is 9.67. The fourth-order valence-corrected chi connectivity index (χ4v) is 3.74. The van der Waals surface area contributed by atoms with Gasteiger partial charge in [0.1, 0.15) is 5.75 Å². The van der Waals surface area contributed by atoms with Gasteiger partial charge in [0.25, 0.3) is 0 Å². The van der Waals surface area contributed by atoms with Crippen LogP contribution in [0.15, 0.2) is 57.9 Å². The highest BCUT2D eigenvalue weighted by Gasteiger charge is 2.14. The first-order chi connectivity index (χ1) is 14.9. The summed E-state index contributed by atoms with van der Waals surface area (Å²) in [6.45, 7) is 2.22. The molecule has 0 fully saturated rings. The third-order valence-corrected chi connectivity index (χ3v) is 5.93. The molecule has 3 rings (SSSR count). The van der Waals surface area contributed by atoms with E-state index in [1.165, 1.54) is 19.2 Å². The van der Waals surface area contributed by atoms with Crippen LogP contribution in [-0.4, -0.2) is 44.7 Å². The van der Waals surface area contributed by atoms with Gasteiger partial charge < -0.3 is 14.6 Å². The van der Waals surface area contributed by atoms with Crippen LogP contribution in [0.1, 0.15) is 17.9 Å². The number of nitrogens with one attached hydrogen (secondary N) is 2. The number of carbonyl (C=O) groups excluding carboxylic acids is 1. The molecule has 0 aliphatic carbocycles. The predicted octanol–water partition coefficient (Wildman–Crippen LogP) is 2.08. The van der Waals surface area contributed by atoms with Crippen LogP contribution < -0.4 is 14.8 Å². The number of benzene rings is 2. The van der Waals surface area contributed by atoms with Gasteiger partial charge in [0.05, 0.1) is 12.0 Å². The van der Waals surface area contributed by atoms with Crippen molar-refractivity contribution < 1.29 is 22.5 Å². The highest BCUT2D eigenvalue weighted by Crippen LogP contribution is 2.17. The van der Waals surface area contributed by atoms with Crippen molar-refractivity contribution in [2.45, 2.75) is 24.7 Å². The van der Waals surface area contributed by atoms with Crippen molar-refractivity contribution >= 4 is 15.9 Å². The maximum Gasteiger partial charge on any atom is 0.240 e. The van der Waals surface area contributed by atoms with Crippen LogP contribution in [-0.2, 0) is 21.2 Å². The monoisotopic (exact) mass is 444 g/mol. The van der Waals surface area contributed by atoms with Crippen molar-refractivity contribution in [2.24, 2.45) is 0 Å². The number of methoxy groups -OCH3 is 1. The molecule has 1 heterocycles. The molecule has 1 amide bonds. The number of aromatic nitrogens is 2. The van der Waals surface area contributed by atoms with Gasteiger partial charge in [-0.3, -0.25) is 4.79 Å². The van der Waals surface area contributed by atoms with Crippen molar-refractivity contribution in [3.05, 3.63) is 60.0 Å². The number of hydrogen-bond acceptors (Lipinski definition) is 7. The Morgan fingerprint density at radius 3 is 2.45 bits per heavy atom. The van der Waals surface area contributed by atoms with Gasteiger partial charge in [0.15, 0.2) is 0 Å². The Bertz CT molecular complexity index is 1110. The minimum atomic E-state index is -3.65. The number of ether oxygens (including phenoxy) is 1. The molecular formula is C21H24N4O5S. The molecule has 0 bridgehead atoms. The van der Waals surface area contributed by atoms with E-state index in [4.69, 9.17) is 9.26 Å². The molecule has 10 heteroatoms. The molecule has 0 atom stereocenters. The fraction of sp³-hybridized carbons (Fsp3) is 0.286. The van der Waals surface area contributed by atoms with E-state index in [1.54, 1.807) is 12.1 Å². The first kappa shape index (κ1) is 22.4. The van der Waals surface area contributed by atoms with Crippen LogP contribution >= 0.6 is 0 Å². The van der Waals surface area contributed by atoms with E-state index >= 15 is 0 Å². The zero-order valence-electron chi connectivity index (χ0n) is 17.3. The Morgan fingerprint density at radius 2 is 1.77 bits per heavy atom. The van der Waals surface area contributed by atoms with Crippen molar-refractivity contribution in [3.63, 3.8) is 0 Å². The molecule has 0 radical (unpaired) electrons. The minimum Gasteiger partial charge on any atom is -0.497 e. The van der Waals surface area contributed by atoms with Crippen LogP contribution in [0.4, 0.5) is 0 Å². The Hall–Kier alpha value is -3.24. The van der Waals surface area contributed by atoms with E-state index in [9.17, 15) is 13.2 Å². The number of amides is 1. The zero-order chi connectivity index (χ0) is 22.3. The third-order valence-electron chi connectivity index (χ3n) is 4.45. The molecular weight excluding hydrogens is 420 g/mol. The van der Waals surface area contributed by atoms with Crippen molar-refractivity contribution in [3.8, 4) is 17.1 Å². The average Bonchev–Trinajstić information content (AvgIpc) is 3.25. The lowest BCUT2D eigenvalue weighted by atomic mass is 10.1. The SMILES string of the molecule is COc1ccc(S(=O)(=O)NCCNC(=O)CCc2nc(-c3ccc(C)cc3)no2)cc1. The molecule has 0 saturated heterocycles. The summed E-state index contributed by atoms with van der Waals surface area (Å²) in [5.41, 5.74) is 1.98. The van der Waals surface area contributed by atoms with Crippen molar-refractivity contribution in [1.82, 2.24) is 20.2 Å². The molecule has 9 nitrogen and oxygen atoms in total. The van der Waals surface area contributed by atoms with Crippen LogP contribution in [0.25, 0.3) is 11.4 Å². The summed E-state index contributed by atoms with van der Waals surface area (Å²) in [6.07, 6.45) is 0.447. The molecule has 0 saturated carbocycles. The zero-order valence-corrected chi connectivity index (χ0v) is 18.1. The summed E-state index contributed by atoms with van der Waals surface area (Å²) in [5, 5.41) is 6.60. The molecule has 3 aromatic rings. The summed E-state index contributed by atoms with van der Waals surface area (Å²) in [4.78, 5) is 16.4. The van der Waals surface area contributed by atoms with E-state index < -0.39 is 10.0 Å². The topological polar surface area (TPSA) is 123 Å². The Kier molecular flexibility index (Phi) is 7.37. The molecule has 0 aliphatic rings. The summed E-state index contributed by atoms with van der Waals surface area (Å²) in [6, 6.07) is 13.8. The van der Waals surface area contributed by atoms with Crippen LogP contribution in [0.2, 0.25) is 0 Å². The first-order valence-corrected chi connectivity index (χ1v) is 11.2. The predicted molar refractivity (Wildman–Crippen MR) is 114 cm³/mol. The van der Waals surface area contributed by atoms with Crippen LogP contribution in [0.5, 0.6) is 5.75 Å². The molecule has 0 unspecified atom stereocenters. The minimum absolute atomic E-state index is 0.0677. The number of sulfonamides is 1. The van der Waals surface area contributed by atoms with Gasteiger partial charge in [-0.2, -0.15) is 4.98 Å². The van der Waals surface area contributed by atoms with E-state index in [-0.39, 0.29) is 30.3 Å². The highest BCUT2D eigenvalue weighted by molar-refractivity contribution is 7.89. The van der Waals surface area contributed by atoms with Crippen molar-refractivity contribution in [2.75, 3.05) is 20.2 Å². The van der Waals surface area contributed by atoms with Gasteiger partial charge in [-0.15, -0.1) is 0 Å². The van der Waals surface area contributed by atoms with E-state index in [0.717, 1.165) is 11.1 Å². The molecule has 2 N–H and O–H groups in total. The number of nitrogens with zero attached hydrogens (tertiary/aromatic N) is 2. The molecule has 0 aliphatic heterocycles. The second-order valence-electron chi connectivity index (χ2n) is 6.80. The largest absolute Gasteiger partial charge is 0.497 e. The van der Waals surface area contributed by atoms with Gasteiger partial charge in [-0.25, -0.2) is 13.1 Å². The molecule has 164 valence electrons. The average molecular weight is 445 g/mol. The number of carbonyl (C=O) groups is 1. The number of rotatable bonds is 10. The summed E-state index contributed by atoms with van der Waals surface area (Å²) >= 11 is 0. The lowest BCUT2D eigenvalue weighted by molar-refractivity contribution is -0.121. The maximum absolute atomic E-state index is 12.2. The van der Waals surface area contributed by atoms with E-state index in [2.05, 4.69) is 20.2 Å².